The van der Waals surface area contributed by atoms with Gasteiger partial charge < -0.3 is 20.3 Å². The van der Waals surface area contributed by atoms with Gasteiger partial charge in [0.15, 0.2) is 0 Å². The first kappa shape index (κ1) is 74.1. The maximum Gasteiger partial charge on any atom is 0.305 e. The number of allylic oxidation sites excluding steroid dienone is 6. The van der Waals surface area contributed by atoms with Crippen LogP contribution in [-0.4, -0.2) is 47.4 Å². The fourth-order valence-electron chi connectivity index (χ4n) is 10.7. The summed E-state index contributed by atoms with van der Waals surface area (Å²) in [6, 6.07) is -0.536. The van der Waals surface area contributed by atoms with E-state index in [1.54, 1.807) is 0 Å². The van der Waals surface area contributed by atoms with Gasteiger partial charge in [0.1, 0.15) is 0 Å². The molecule has 0 radical (unpaired) electrons. The summed E-state index contributed by atoms with van der Waals surface area (Å²) in [6.45, 7) is 4.92. The number of aliphatic hydroxyl groups is 2. The first-order chi connectivity index (χ1) is 37.5. The number of hydrogen-bond acceptors (Lipinski definition) is 5. The van der Waals surface area contributed by atoms with Crippen LogP contribution < -0.4 is 5.32 Å². The molecule has 76 heavy (non-hydrogen) atoms. The predicted molar refractivity (Wildman–Crippen MR) is 333 cm³/mol. The third-order valence-corrected chi connectivity index (χ3v) is 15.9. The fraction of sp³-hybridized carbons (Fsp3) is 0.886. The highest BCUT2D eigenvalue weighted by atomic mass is 16.5. The van der Waals surface area contributed by atoms with Gasteiger partial charge in [-0.15, -0.1) is 0 Å². The molecule has 0 saturated heterocycles. The Morgan fingerprint density at radius 1 is 0.368 bits per heavy atom. The molecule has 2 atom stereocenters. The standard InChI is InChI=1S/C70H133NO5/c1-3-5-7-9-11-13-14-15-37-41-44-48-52-56-60-64-70(75)76-65-61-57-53-49-45-42-39-36-34-32-30-28-26-24-22-20-18-16-17-19-21-23-25-27-29-31-33-35-38-40-43-47-51-55-59-63-69(74)71-67(66-72)68(73)62-58-54-50-46-12-10-8-6-4-2/h11,13,15,18,20,37,67-68,72-73H,3-10,12,14,16-17,19,21-36,38-66H2,1-2H3,(H,71,74)/b13-11-,20-18-,37-15-. The van der Waals surface area contributed by atoms with Crippen LogP contribution in [0.4, 0.5) is 0 Å². The Labute approximate surface area is 474 Å². The van der Waals surface area contributed by atoms with E-state index in [1.807, 2.05) is 0 Å². The van der Waals surface area contributed by atoms with Crippen molar-refractivity contribution < 1.29 is 24.5 Å². The number of rotatable bonds is 64. The summed E-state index contributed by atoms with van der Waals surface area (Å²) < 4.78 is 5.49. The Bertz CT molecular complexity index is 1230. The third-order valence-electron chi connectivity index (χ3n) is 15.9. The topological polar surface area (TPSA) is 95.9 Å². The lowest BCUT2D eigenvalue weighted by Gasteiger charge is -2.22. The minimum atomic E-state index is -0.659. The molecule has 0 aromatic heterocycles. The SMILES string of the molecule is CCCCC/C=C\C/C=C\CCCCCCCC(=O)OCCCCCCCCCCCCCCCC/C=C\CCCCCCCCCCCCCCCCCCCC(=O)NC(CO)C(O)CCCCCCCCCCC. The maximum atomic E-state index is 12.4. The summed E-state index contributed by atoms with van der Waals surface area (Å²) in [5.74, 6) is -0.0264. The lowest BCUT2D eigenvalue weighted by atomic mass is 10.0. The highest BCUT2D eigenvalue weighted by molar-refractivity contribution is 5.76. The second kappa shape index (κ2) is 65.6. The highest BCUT2D eigenvalue weighted by Gasteiger charge is 2.20. The molecule has 0 aromatic carbocycles. The van der Waals surface area contributed by atoms with Crippen molar-refractivity contribution in [3.8, 4) is 0 Å². The molecule has 0 aliphatic carbocycles. The molecule has 6 nitrogen and oxygen atoms in total. The Balaban J connectivity index is 3.31. The molecule has 0 rings (SSSR count). The third kappa shape index (κ3) is 61.3. The zero-order valence-corrected chi connectivity index (χ0v) is 51.3. The smallest absolute Gasteiger partial charge is 0.305 e. The second-order valence-electron chi connectivity index (χ2n) is 23.5. The molecule has 448 valence electrons. The number of carbonyl (C=O) groups excluding carboxylic acids is 2. The molecule has 0 aromatic rings. The molecule has 0 bridgehead atoms. The number of aliphatic hydroxyl groups excluding tert-OH is 2. The van der Waals surface area contributed by atoms with Gasteiger partial charge in [0.2, 0.25) is 5.91 Å². The Hall–Kier alpha value is -1.92. The van der Waals surface area contributed by atoms with Gasteiger partial charge in [-0.05, 0) is 83.5 Å². The van der Waals surface area contributed by atoms with E-state index in [9.17, 15) is 19.8 Å². The number of esters is 1. The molecule has 0 aliphatic rings. The average molecular weight is 1070 g/mol. The summed E-state index contributed by atoms with van der Waals surface area (Å²) in [4.78, 5) is 24.5. The van der Waals surface area contributed by atoms with E-state index in [2.05, 4.69) is 55.6 Å². The van der Waals surface area contributed by atoms with Crippen LogP contribution in [0.2, 0.25) is 0 Å². The van der Waals surface area contributed by atoms with Crippen molar-refractivity contribution in [3.63, 3.8) is 0 Å². The quantitative estimate of drug-likeness (QED) is 0.0320. The summed E-state index contributed by atoms with van der Waals surface area (Å²) >= 11 is 0. The Morgan fingerprint density at radius 2 is 0.658 bits per heavy atom. The summed E-state index contributed by atoms with van der Waals surface area (Å²) in [5.41, 5.74) is 0. The molecular formula is C70H133NO5. The van der Waals surface area contributed by atoms with Crippen molar-refractivity contribution >= 4 is 11.9 Å². The number of nitrogens with one attached hydrogen (secondary N) is 1. The number of amides is 1. The van der Waals surface area contributed by atoms with Crippen molar-refractivity contribution in [3.05, 3.63) is 36.5 Å². The van der Waals surface area contributed by atoms with E-state index < -0.39 is 12.1 Å². The molecule has 6 heteroatoms. The molecule has 2 unspecified atom stereocenters. The van der Waals surface area contributed by atoms with E-state index in [0.29, 0.717) is 25.9 Å². The van der Waals surface area contributed by atoms with E-state index in [-0.39, 0.29) is 18.5 Å². The van der Waals surface area contributed by atoms with Crippen molar-refractivity contribution in [2.75, 3.05) is 13.2 Å². The van der Waals surface area contributed by atoms with E-state index in [4.69, 9.17) is 4.74 Å². The lowest BCUT2D eigenvalue weighted by Crippen LogP contribution is -2.45. The summed E-state index contributed by atoms with van der Waals surface area (Å²) in [5, 5.41) is 23.1. The van der Waals surface area contributed by atoms with Crippen LogP contribution in [0.3, 0.4) is 0 Å². The van der Waals surface area contributed by atoms with Crippen molar-refractivity contribution in [1.82, 2.24) is 5.32 Å². The van der Waals surface area contributed by atoms with E-state index in [1.165, 1.54) is 289 Å². The molecule has 0 heterocycles. The number of carbonyl (C=O) groups is 2. The van der Waals surface area contributed by atoms with Crippen LogP contribution in [-0.2, 0) is 14.3 Å². The molecule has 0 aliphatic heterocycles. The van der Waals surface area contributed by atoms with E-state index >= 15 is 0 Å². The molecule has 1 amide bonds. The maximum absolute atomic E-state index is 12.4. The lowest BCUT2D eigenvalue weighted by molar-refractivity contribution is -0.143. The monoisotopic (exact) mass is 1070 g/mol. The molecule has 3 N–H and O–H groups in total. The van der Waals surface area contributed by atoms with Crippen molar-refractivity contribution in [2.24, 2.45) is 0 Å². The average Bonchev–Trinajstić information content (AvgIpc) is 3.42. The normalized spacial score (nSPS) is 12.7. The largest absolute Gasteiger partial charge is 0.466 e. The minimum absolute atomic E-state index is 0.00622. The van der Waals surface area contributed by atoms with Gasteiger partial charge in [-0.25, -0.2) is 0 Å². The van der Waals surface area contributed by atoms with Crippen LogP contribution in [0.25, 0.3) is 0 Å². The summed E-state index contributed by atoms with van der Waals surface area (Å²) in [7, 11) is 0. The van der Waals surface area contributed by atoms with Gasteiger partial charge in [0.25, 0.3) is 0 Å². The van der Waals surface area contributed by atoms with Crippen molar-refractivity contribution in [1.29, 1.82) is 0 Å². The molecule has 0 fully saturated rings. The van der Waals surface area contributed by atoms with Crippen LogP contribution >= 0.6 is 0 Å². The van der Waals surface area contributed by atoms with Crippen molar-refractivity contribution in [2.45, 2.75) is 386 Å². The van der Waals surface area contributed by atoms with Crippen LogP contribution in [0.15, 0.2) is 36.5 Å². The molecule has 0 spiro atoms. The van der Waals surface area contributed by atoms with Gasteiger partial charge >= 0.3 is 5.97 Å². The first-order valence-corrected chi connectivity index (χ1v) is 34.2. The zero-order valence-electron chi connectivity index (χ0n) is 51.3. The summed E-state index contributed by atoms with van der Waals surface area (Å²) in [6.07, 6.45) is 83.5. The molecule has 0 saturated carbocycles. The van der Waals surface area contributed by atoms with Gasteiger partial charge in [0, 0.05) is 12.8 Å². The predicted octanol–water partition coefficient (Wildman–Crippen LogP) is 21.9. The Kier molecular flexibility index (Phi) is 63.9. The van der Waals surface area contributed by atoms with Crippen LogP contribution in [0.5, 0.6) is 0 Å². The zero-order chi connectivity index (χ0) is 55.0. The second-order valence-corrected chi connectivity index (χ2v) is 23.5. The van der Waals surface area contributed by atoms with Gasteiger partial charge in [0.05, 0.1) is 25.4 Å². The molecular weight excluding hydrogens is 935 g/mol. The Morgan fingerprint density at radius 3 is 1.04 bits per heavy atom. The van der Waals surface area contributed by atoms with E-state index in [0.717, 1.165) is 51.4 Å². The van der Waals surface area contributed by atoms with Gasteiger partial charge in [-0.2, -0.15) is 0 Å². The van der Waals surface area contributed by atoms with Crippen LogP contribution in [0.1, 0.15) is 373 Å². The number of unbranched alkanes of at least 4 members (excludes halogenated alkanes) is 47. The first-order valence-electron chi connectivity index (χ1n) is 34.2. The van der Waals surface area contributed by atoms with Gasteiger partial charge in [-0.3, -0.25) is 9.59 Å². The highest BCUT2D eigenvalue weighted by Crippen LogP contribution is 2.18. The number of hydrogen-bond donors (Lipinski definition) is 3. The fourth-order valence-corrected chi connectivity index (χ4v) is 10.7. The van der Waals surface area contributed by atoms with Gasteiger partial charge in [-0.1, -0.05) is 314 Å². The number of ether oxygens (including phenoxy) is 1. The minimum Gasteiger partial charge on any atom is -0.466 e. The van der Waals surface area contributed by atoms with Crippen LogP contribution in [0, 0.1) is 0 Å².